The molecule has 0 heterocycles. The minimum atomic E-state index is -4.61. The zero-order valence-electron chi connectivity index (χ0n) is 16.9. The number of nitrogens with one attached hydrogen (secondary N) is 1. The molecule has 0 spiro atoms. The van der Waals surface area contributed by atoms with Gasteiger partial charge in [-0.3, -0.25) is 5.32 Å². The van der Waals surface area contributed by atoms with E-state index in [0.717, 1.165) is 11.6 Å². The number of halogens is 3. The first kappa shape index (κ1) is 22.6. The van der Waals surface area contributed by atoms with Gasteiger partial charge in [0.15, 0.2) is 0 Å². The lowest BCUT2D eigenvalue weighted by molar-refractivity contribution is -0.136. The Bertz CT molecular complexity index is 792. The van der Waals surface area contributed by atoms with Crippen LogP contribution in [0.1, 0.15) is 38.3 Å². The summed E-state index contributed by atoms with van der Waals surface area (Å²) in [5, 5.41) is 2.21. The Labute approximate surface area is 169 Å². The summed E-state index contributed by atoms with van der Waals surface area (Å²) in [5.74, 6) is 0.259. The molecule has 0 aromatic heterocycles. The Hall–Kier alpha value is -2.70. The maximum absolute atomic E-state index is 13.7. The molecule has 0 fully saturated rings. The molecule has 7 heteroatoms. The van der Waals surface area contributed by atoms with Crippen LogP contribution in [0, 0.1) is 5.92 Å². The van der Waals surface area contributed by atoms with Gasteiger partial charge in [-0.1, -0.05) is 51.1 Å². The van der Waals surface area contributed by atoms with Gasteiger partial charge in [-0.05, 0) is 36.1 Å². The van der Waals surface area contributed by atoms with Gasteiger partial charge >= 0.3 is 12.3 Å². The molecule has 0 aliphatic heterocycles. The largest absolute Gasteiger partial charge is 0.449 e. The van der Waals surface area contributed by atoms with Gasteiger partial charge in [0, 0.05) is 18.8 Å². The SMILES string of the molecule is CCCOC(=O)Nc1ccc(N(Cc2ccccc2)CC(C)C)cc1C(F)(F)F. The Balaban J connectivity index is 2.35. The molecule has 2 aromatic rings. The highest BCUT2D eigenvalue weighted by Gasteiger charge is 2.35. The van der Waals surface area contributed by atoms with Gasteiger partial charge < -0.3 is 9.64 Å². The minimum Gasteiger partial charge on any atom is -0.449 e. The van der Waals surface area contributed by atoms with Crippen LogP contribution in [0.5, 0.6) is 0 Å². The summed E-state index contributed by atoms with van der Waals surface area (Å²) in [4.78, 5) is 13.7. The Morgan fingerprint density at radius 3 is 2.41 bits per heavy atom. The monoisotopic (exact) mass is 408 g/mol. The van der Waals surface area contributed by atoms with E-state index in [-0.39, 0.29) is 18.2 Å². The van der Waals surface area contributed by atoms with Crippen LogP contribution in [0.2, 0.25) is 0 Å². The van der Waals surface area contributed by atoms with Crippen molar-refractivity contribution in [2.45, 2.75) is 39.9 Å². The molecule has 0 bridgehead atoms. The van der Waals surface area contributed by atoms with Crippen molar-refractivity contribution in [2.75, 3.05) is 23.4 Å². The first-order valence-corrected chi connectivity index (χ1v) is 9.64. The number of ether oxygens (including phenoxy) is 1. The first-order chi connectivity index (χ1) is 13.7. The lowest BCUT2D eigenvalue weighted by Gasteiger charge is -2.28. The maximum atomic E-state index is 13.7. The van der Waals surface area contributed by atoms with Crippen LogP contribution in [0.25, 0.3) is 0 Å². The molecule has 0 atom stereocenters. The zero-order valence-corrected chi connectivity index (χ0v) is 16.9. The van der Waals surface area contributed by atoms with Crippen molar-refractivity contribution in [3.63, 3.8) is 0 Å². The molecular formula is C22H27F3N2O2. The number of amides is 1. The predicted octanol–water partition coefficient (Wildman–Crippen LogP) is 6.33. The molecule has 0 aliphatic carbocycles. The lowest BCUT2D eigenvalue weighted by atomic mass is 10.1. The summed E-state index contributed by atoms with van der Waals surface area (Å²) in [6.45, 7) is 7.06. The van der Waals surface area contributed by atoms with Gasteiger partial charge in [-0.15, -0.1) is 0 Å². The van der Waals surface area contributed by atoms with E-state index in [4.69, 9.17) is 4.74 Å². The van der Waals surface area contributed by atoms with E-state index in [1.165, 1.54) is 6.07 Å². The van der Waals surface area contributed by atoms with E-state index >= 15 is 0 Å². The standard InChI is InChI=1S/C22H27F3N2O2/c1-4-12-29-21(28)26-20-11-10-18(13-19(20)22(23,24)25)27(14-16(2)3)15-17-8-6-5-7-9-17/h5-11,13,16H,4,12,14-15H2,1-3H3,(H,26,28). The van der Waals surface area contributed by atoms with Gasteiger partial charge in [0.25, 0.3) is 0 Å². The second-order valence-corrected chi connectivity index (χ2v) is 7.25. The van der Waals surface area contributed by atoms with Crippen LogP contribution >= 0.6 is 0 Å². The first-order valence-electron chi connectivity index (χ1n) is 9.64. The lowest BCUT2D eigenvalue weighted by Crippen LogP contribution is -2.27. The maximum Gasteiger partial charge on any atom is 0.418 e. The average Bonchev–Trinajstić information content (AvgIpc) is 2.66. The molecule has 1 N–H and O–H groups in total. The molecule has 0 unspecified atom stereocenters. The third-order valence-corrected chi connectivity index (χ3v) is 4.15. The van der Waals surface area contributed by atoms with Crippen LogP contribution in [0.3, 0.4) is 0 Å². The summed E-state index contributed by atoms with van der Waals surface area (Å²) < 4.78 is 45.9. The van der Waals surface area contributed by atoms with Crippen LogP contribution < -0.4 is 10.2 Å². The Morgan fingerprint density at radius 1 is 1.14 bits per heavy atom. The summed E-state index contributed by atoms with van der Waals surface area (Å²) in [5.41, 5.74) is 0.242. The van der Waals surface area contributed by atoms with E-state index in [0.29, 0.717) is 25.2 Å². The van der Waals surface area contributed by atoms with Gasteiger partial charge in [0.1, 0.15) is 0 Å². The average molecular weight is 408 g/mol. The second-order valence-electron chi connectivity index (χ2n) is 7.25. The van der Waals surface area contributed by atoms with E-state index in [9.17, 15) is 18.0 Å². The smallest absolute Gasteiger partial charge is 0.418 e. The molecule has 1 amide bonds. The van der Waals surface area contributed by atoms with Crippen molar-refractivity contribution < 1.29 is 22.7 Å². The van der Waals surface area contributed by atoms with Crippen molar-refractivity contribution in [1.29, 1.82) is 0 Å². The number of hydrogen-bond donors (Lipinski definition) is 1. The Kier molecular flexibility index (Phi) is 7.93. The van der Waals surface area contributed by atoms with Crippen molar-refractivity contribution in [3.8, 4) is 0 Å². The molecule has 2 aromatic carbocycles. The molecule has 0 saturated carbocycles. The number of rotatable bonds is 8. The number of carbonyl (C=O) groups excluding carboxylic acids is 1. The van der Waals surface area contributed by atoms with Gasteiger partial charge in [0.2, 0.25) is 0 Å². The quantitative estimate of drug-likeness (QED) is 0.555. The molecule has 29 heavy (non-hydrogen) atoms. The second kappa shape index (κ2) is 10.2. The van der Waals surface area contributed by atoms with Gasteiger partial charge in [-0.25, -0.2) is 4.79 Å². The van der Waals surface area contributed by atoms with Crippen LogP contribution in [0.4, 0.5) is 29.3 Å². The summed E-state index contributed by atoms with van der Waals surface area (Å²) in [6, 6.07) is 13.5. The molecule has 0 saturated heterocycles. The number of carbonyl (C=O) groups is 1. The summed E-state index contributed by atoms with van der Waals surface area (Å²) in [6.07, 6.45) is -4.92. The topological polar surface area (TPSA) is 41.6 Å². The third-order valence-electron chi connectivity index (χ3n) is 4.15. The van der Waals surface area contributed by atoms with Crippen molar-refractivity contribution in [1.82, 2.24) is 0 Å². The predicted molar refractivity (Wildman–Crippen MR) is 109 cm³/mol. The molecule has 4 nitrogen and oxygen atoms in total. The van der Waals surface area contributed by atoms with Gasteiger partial charge in [-0.2, -0.15) is 13.2 Å². The fourth-order valence-electron chi connectivity index (χ4n) is 2.92. The molecule has 2 rings (SSSR count). The zero-order chi connectivity index (χ0) is 21.4. The van der Waals surface area contributed by atoms with E-state index in [1.807, 2.05) is 49.1 Å². The van der Waals surface area contributed by atoms with Crippen molar-refractivity contribution in [2.24, 2.45) is 5.92 Å². The number of nitrogens with zero attached hydrogens (tertiary/aromatic N) is 1. The fraction of sp³-hybridized carbons (Fsp3) is 0.409. The minimum absolute atomic E-state index is 0.143. The van der Waals surface area contributed by atoms with Crippen molar-refractivity contribution >= 4 is 17.5 Å². The van der Waals surface area contributed by atoms with E-state index in [1.54, 1.807) is 13.0 Å². The molecular weight excluding hydrogens is 381 g/mol. The van der Waals surface area contributed by atoms with Crippen LogP contribution in [-0.2, 0) is 17.5 Å². The normalized spacial score (nSPS) is 11.4. The number of benzene rings is 2. The molecule has 158 valence electrons. The third kappa shape index (κ3) is 7.00. The molecule has 0 aliphatic rings. The van der Waals surface area contributed by atoms with E-state index < -0.39 is 17.8 Å². The highest BCUT2D eigenvalue weighted by Crippen LogP contribution is 2.38. The van der Waals surface area contributed by atoms with Crippen LogP contribution in [0.15, 0.2) is 48.5 Å². The van der Waals surface area contributed by atoms with Crippen molar-refractivity contribution in [3.05, 3.63) is 59.7 Å². The number of alkyl halides is 3. The van der Waals surface area contributed by atoms with E-state index in [2.05, 4.69) is 5.32 Å². The highest BCUT2D eigenvalue weighted by molar-refractivity contribution is 5.86. The molecule has 0 radical (unpaired) electrons. The van der Waals surface area contributed by atoms with Crippen LogP contribution in [-0.4, -0.2) is 19.2 Å². The number of anilines is 2. The Morgan fingerprint density at radius 2 is 1.83 bits per heavy atom. The highest BCUT2D eigenvalue weighted by atomic mass is 19.4. The summed E-state index contributed by atoms with van der Waals surface area (Å²) in [7, 11) is 0. The summed E-state index contributed by atoms with van der Waals surface area (Å²) >= 11 is 0. The number of hydrogen-bond acceptors (Lipinski definition) is 3. The van der Waals surface area contributed by atoms with Gasteiger partial charge in [0.05, 0.1) is 17.9 Å². The fourth-order valence-corrected chi connectivity index (χ4v) is 2.92.